The zero-order valence-corrected chi connectivity index (χ0v) is 17.4. The molecule has 0 fully saturated rings. The highest BCUT2D eigenvalue weighted by atomic mass is 32.2. The average Bonchev–Trinajstić information content (AvgIpc) is 3.12. The van der Waals surface area contributed by atoms with Crippen molar-refractivity contribution in [2.45, 2.75) is 11.3 Å². The van der Waals surface area contributed by atoms with Crippen LogP contribution in [0.1, 0.15) is 6.92 Å². The Hall–Kier alpha value is -3.02. The monoisotopic (exact) mass is 425 g/mol. The third-order valence-electron chi connectivity index (χ3n) is 3.57. The number of hydrogen-bond donors (Lipinski definition) is 2. The molecule has 8 heteroatoms. The molecule has 0 saturated carbocycles. The van der Waals surface area contributed by atoms with Gasteiger partial charge in [0.15, 0.2) is 4.34 Å². The summed E-state index contributed by atoms with van der Waals surface area (Å²) in [5.41, 5.74) is 1.62. The summed E-state index contributed by atoms with van der Waals surface area (Å²) < 4.78 is 7.51. The minimum Gasteiger partial charge on any atom is -0.481 e. The molecule has 2 amide bonds. The summed E-state index contributed by atoms with van der Waals surface area (Å²) in [6.07, 6.45) is 0. The number of benzene rings is 2. The van der Waals surface area contributed by atoms with Crippen LogP contribution in [0.2, 0.25) is 0 Å². The Kier molecular flexibility index (Phi) is 7.50. The zero-order valence-electron chi connectivity index (χ0n) is 15.7. The van der Waals surface area contributed by atoms with Crippen molar-refractivity contribution >= 4 is 50.8 Å². The van der Waals surface area contributed by atoms with Crippen molar-refractivity contribution in [1.29, 1.82) is 0 Å². The van der Waals surface area contributed by atoms with Gasteiger partial charge in [-0.1, -0.05) is 41.8 Å². The molecule has 0 bridgehead atoms. The molecule has 0 aliphatic heterocycles. The second kappa shape index (κ2) is 10.5. The predicted molar refractivity (Wildman–Crippen MR) is 117 cm³/mol. The molecule has 0 aliphatic carbocycles. The van der Waals surface area contributed by atoms with E-state index in [0.717, 1.165) is 14.6 Å². The van der Waals surface area contributed by atoms with Gasteiger partial charge in [0.25, 0.3) is 0 Å². The average molecular weight is 426 g/mol. The molecule has 0 unspecified atom stereocenters. The van der Waals surface area contributed by atoms with Crippen molar-refractivity contribution in [2.75, 3.05) is 24.2 Å². The molecular formula is C21H19N3O3S2. The molecule has 1 aromatic heterocycles. The van der Waals surface area contributed by atoms with Gasteiger partial charge in [-0.15, -0.1) is 11.3 Å². The lowest BCUT2D eigenvalue weighted by Crippen LogP contribution is -2.25. The summed E-state index contributed by atoms with van der Waals surface area (Å²) >= 11 is 3.00. The second-order valence-corrected chi connectivity index (χ2v) is 8.12. The number of ether oxygens (including phenoxy) is 1. The van der Waals surface area contributed by atoms with Crippen molar-refractivity contribution in [3.05, 3.63) is 48.5 Å². The van der Waals surface area contributed by atoms with Gasteiger partial charge < -0.3 is 15.4 Å². The van der Waals surface area contributed by atoms with E-state index < -0.39 is 0 Å². The number of thioether (sulfide) groups is 1. The van der Waals surface area contributed by atoms with Gasteiger partial charge in [-0.2, -0.15) is 0 Å². The lowest BCUT2D eigenvalue weighted by molar-refractivity contribution is -0.118. The molecule has 1 heterocycles. The first kappa shape index (κ1) is 20.7. The number of amides is 2. The number of rotatable bonds is 7. The van der Waals surface area contributed by atoms with Crippen LogP contribution in [0.3, 0.4) is 0 Å². The van der Waals surface area contributed by atoms with E-state index in [4.69, 9.17) is 4.74 Å². The number of para-hydroxylation sites is 1. The van der Waals surface area contributed by atoms with Gasteiger partial charge in [0, 0.05) is 18.7 Å². The minimum absolute atomic E-state index is 0.0903. The SMILES string of the molecule is CC(=O)Nc1cccc(OCC#CCNC(=O)CSc2nc3ccccc3s2)c1. The van der Waals surface area contributed by atoms with Crippen molar-refractivity contribution < 1.29 is 14.3 Å². The van der Waals surface area contributed by atoms with Gasteiger partial charge in [-0.3, -0.25) is 9.59 Å². The summed E-state index contributed by atoms with van der Waals surface area (Å²) in [5, 5.41) is 5.45. The molecule has 3 rings (SSSR count). The summed E-state index contributed by atoms with van der Waals surface area (Å²) in [6.45, 7) is 1.90. The molecular weight excluding hydrogens is 406 g/mol. The van der Waals surface area contributed by atoms with Gasteiger partial charge in [-0.05, 0) is 24.3 Å². The molecule has 2 aromatic carbocycles. The Balaban J connectivity index is 1.35. The third-order valence-corrected chi connectivity index (χ3v) is 5.74. The molecule has 3 aromatic rings. The van der Waals surface area contributed by atoms with E-state index in [2.05, 4.69) is 27.5 Å². The number of anilines is 1. The number of aromatic nitrogens is 1. The largest absolute Gasteiger partial charge is 0.481 e. The van der Waals surface area contributed by atoms with Crippen LogP contribution in [0.15, 0.2) is 52.9 Å². The fourth-order valence-corrected chi connectivity index (χ4v) is 4.23. The van der Waals surface area contributed by atoms with E-state index in [1.54, 1.807) is 35.6 Å². The molecule has 29 heavy (non-hydrogen) atoms. The standard InChI is InChI=1S/C21H19N3O3S2/c1-15(25)23-16-7-6-8-17(13-16)27-12-5-4-11-22-20(26)14-28-21-24-18-9-2-3-10-19(18)29-21/h2-3,6-10,13H,11-12,14H2,1H3,(H,22,26)(H,23,25). The van der Waals surface area contributed by atoms with Gasteiger partial charge in [0.2, 0.25) is 11.8 Å². The van der Waals surface area contributed by atoms with Crippen LogP contribution in [0.25, 0.3) is 10.2 Å². The summed E-state index contributed by atoms with van der Waals surface area (Å²) in [7, 11) is 0. The fourth-order valence-electron chi connectivity index (χ4n) is 2.33. The Morgan fingerprint density at radius 2 is 2.03 bits per heavy atom. The molecule has 0 radical (unpaired) electrons. The van der Waals surface area contributed by atoms with Crippen LogP contribution < -0.4 is 15.4 Å². The first-order chi connectivity index (χ1) is 14.1. The van der Waals surface area contributed by atoms with Gasteiger partial charge in [0.05, 0.1) is 22.5 Å². The van der Waals surface area contributed by atoms with Gasteiger partial charge >= 0.3 is 0 Å². The van der Waals surface area contributed by atoms with Crippen molar-refractivity contribution in [1.82, 2.24) is 10.3 Å². The highest BCUT2D eigenvalue weighted by Gasteiger charge is 2.06. The van der Waals surface area contributed by atoms with E-state index in [1.807, 2.05) is 24.3 Å². The summed E-state index contributed by atoms with van der Waals surface area (Å²) in [6, 6.07) is 15.0. The van der Waals surface area contributed by atoms with E-state index in [1.165, 1.54) is 18.7 Å². The van der Waals surface area contributed by atoms with Crippen molar-refractivity contribution in [3.8, 4) is 17.6 Å². The summed E-state index contributed by atoms with van der Waals surface area (Å²) in [5.74, 6) is 6.39. The van der Waals surface area contributed by atoms with E-state index in [-0.39, 0.29) is 25.0 Å². The maximum Gasteiger partial charge on any atom is 0.231 e. The Labute approximate surface area is 177 Å². The van der Waals surface area contributed by atoms with Crippen LogP contribution in [-0.4, -0.2) is 35.7 Å². The highest BCUT2D eigenvalue weighted by molar-refractivity contribution is 8.01. The van der Waals surface area contributed by atoms with E-state index >= 15 is 0 Å². The topological polar surface area (TPSA) is 80.3 Å². The molecule has 148 valence electrons. The predicted octanol–water partition coefficient (Wildman–Crippen LogP) is 3.55. The Morgan fingerprint density at radius 3 is 2.86 bits per heavy atom. The molecule has 6 nitrogen and oxygen atoms in total. The van der Waals surface area contributed by atoms with Crippen LogP contribution in [0, 0.1) is 11.8 Å². The minimum atomic E-state index is -0.140. The molecule has 0 aliphatic rings. The first-order valence-corrected chi connectivity index (χ1v) is 10.6. The molecule has 0 atom stereocenters. The van der Waals surface area contributed by atoms with Crippen LogP contribution in [-0.2, 0) is 9.59 Å². The Morgan fingerprint density at radius 1 is 1.17 bits per heavy atom. The van der Waals surface area contributed by atoms with Crippen molar-refractivity contribution in [3.63, 3.8) is 0 Å². The van der Waals surface area contributed by atoms with Gasteiger partial charge in [-0.25, -0.2) is 4.98 Å². The Bertz CT molecular complexity index is 1040. The smallest absolute Gasteiger partial charge is 0.231 e. The maximum atomic E-state index is 11.9. The highest BCUT2D eigenvalue weighted by Crippen LogP contribution is 2.28. The normalized spacial score (nSPS) is 10.1. The van der Waals surface area contributed by atoms with Crippen LogP contribution in [0.4, 0.5) is 5.69 Å². The number of thiazole rings is 1. The number of nitrogens with zero attached hydrogens (tertiary/aromatic N) is 1. The zero-order chi connectivity index (χ0) is 20.5. The quantitative estimate of drug-likeness (QED) is 0.447. The van der Waals surface area contributed by atoms with Gasteiger partial charge in [0.1, 0.15) is 12.4 Å². The lowest BCUT2D eigenvalue weighted by Gasteiger charge is -2.05. The number of carbonyl (C=O) groups is 2. The maximum absolute atomic E-state index is 11.9. The molecule has 2 N–H and O–H groups in total. The van der Waals surface area contributed by atoms with E-state index in [0.29, 0.717) is 17.2 Å². The number of hydrogen-bond acceptors (Lipinski definition) is 6. The van der Waals surface area contributed by atoms with Crippen LogP contribution >= 0.6 is 23.1 Å². The fraction of sp³-hybridized carbons (Fsp3) is 0.190. The summed E-state index contributed by atoms with van der Waals surface area (Å²) in [4.78, 5) is 27.5. The third kappa shape index (κ3) is 6.82. The number of fused-ring (bicyclic) bond motifs is 1. The van der Waals surface area contributed by atoms with E-state index in [9.17, 15) is 9.59 Å². The van der Waals surface area contributed by atoms with Crippen molar-refractivity contribution in [2.24, 2.45) is 0 Å². The molecule has 0 saturated heterocycles. The number of nitrogens with one attached hydrogen (secondary N) is 2. The first-order valence-electron chi connectivity index (χ1n) is 8.81. The lowest BCUT2D eigenvalue weighted by atomic mass is 10.3. The molecule has 0 spiro atoms. The number of carbonyl (C=O) groups excluding carboxylic acids is 2. The van der Waals surface area contributed by atoms with Crippen LogP contribution in [0.5, 0.6) is 5.75 Å². The second-order valence-electron chi connectivity index (χ2n) is 5.86.